The summed E-state index contributed by atoms with van der Waals surface area (Å²) in [6.45, 7) is 6.72. The molecule has 0 atom stereocenters. The van der Waals surface area contributed by atoms with Crippen molar-refractivity contribution in [1.29, 1.82) is 0 Å². The van der Waals surface area contributed by atoms with E-state index in [4.69, 9.17) is 0 Å². The van der Waals surface area contributed by atoms with Gasteiger partial charge in [-0.1, -0.05) is 62.4 Å². The van der Waals surface area contributed by atoms with Crippen LogP contribution in [-0.4, -0.2) is 23.8 Å². The van der Waals surface area contributed by atoms with Crippen molar-refractivity contribution in [2.45, 2.75) is 46.1 Å². The lowest BCUT2D eigenvalue weighted by Gasteiger charge is -2.24. The fourth-order valence-corrected chi connectivity index (χ4v) is 3.53. The summed E-state index contributed by atoms with van der Waals surface area (Å²) in [4.78, 5) is 27.8. The minimum atomic E-state index is -0.917. The van der Waals surface area contributed by atoms with E-state index in [1.807, 2.05) is 55.5 Å². The van der Waals surface area contributed by atoms with Gasteiger partial charge in [0, 0.05) is 19.3 Å². The van der Waals surface area contributed by atoms with Crippen LogP contribution in [0.3, 0.4) is 0 Å². The Kier molecular flexibility index (Phi) is 5.36. The molecule has 0 saturated heterocycles. The minimum Gasteiger partial charge on any atom is -0.340 e. The molecule has 0 spiro atoms. The summed E-state index contributed by atoms with van der Waals surface area (Å²) in [5.41, 5.74) is 3.12. The topological polar surface area (TPSA) is 49.4 Å². The summed E-state index contributed by atoms with van der Waals surface area (Å²) in [5, 5.41) is 3.08. The number of hydrogen-bond donors (Lipinski definition) is 1. The third-order valence-corrected chi connectivity index (χ3v) is 5.37. The van der Waals surface area contributed by atoms with Crippen LogP contribution < -0.4 is 5.32 Å². The highest BCUT2D eigenvalue weighted by Gasteiger charge is 2.57. The van der Waals surface area contributed by atoms with Crippen molar-refractivity contribution < 1.29 is 9.59 Å². The van der Waals surface area contributed by atoms with E-state index in [1.165, 1.54) is 0 Å². The van der Waals surface area contributed by atoms with Gasteiger partial charge in [-0.3, -0.25) is 9.59 Å². The second kappa shape index (κ2) is 7.55. The average Bonchev–Trinajstić information content (AvgIpc) is 3.45. The molecule has 4 nitrogen and oxygen atoms in total. The van der Waals surface area contributed by atoms with Crippen LogP contribution in [0.2, 0.25) is 0 Å². The van der Waals surface area contributed by atoms with Crippen LogP contribution in [-0.2, 0) is 16.1 Å². The zero-order valence-electron chi connectivity index (χ0n) is 16.6. The van der Waals surface area contributed by atoms with Crippen molar-refractivity contribution in [3.8, 4) is 0 Å². The Morgan fingerprint density at radius 1 is 1.07 bits per heavy atom. The number of amides is 2. The summed E-state index contributed by atoms with van der Waals surface area (Å²) in [7, 11) is 1.77. The Labute approximate surface area is 161 Å². The molecular formula is C23H28N2O2. The lowest BCUT2D eigenvalue weighted by Crippen LogP contribution is -2.41. The zero-order chi connectivity index (χ0) is 19.6. The van der Waals surface area contributed by atoms with Gasteiger partial charge in [-0.15, -0.1) is 0 Å². The van der Waals surface area contributed by atoms with Gasteiger partial charge >= 0.3 is 0 Å². The normalized spacial score (nSPS) is 14.7. The third-order valence-electron chi connectivity index (χ3n) is 5.37. The Morgan fingerprint density at radius 2 is 1.74 bits per heavy atom. The van der Waals surface area contributed by atoms with E-state index in [0.29, 0.717) is 25.3 Å². The maximum Gasteiger partial charge on any atom is 0.240 e. The van der Waals surface area contributed by atoms with Gasteiger partial charge in [0.2, 0.25) is 11.8 Å². The van der Waals surface area contributed by atoms with Gasteiger partial charge in [-0.25, -0.2) is 0 Å². The molecule has 1 aliphatic carbocycles. The number of para-hydroxylation sites is 1. The molecule has 2 aromatic carbocycles. The quantitative estimate of drug-likeness (QED) is 0.768. The summed E-state index contributed by atoms with van der Waals surface area (Å²) in [5.74, 6) is 0.0268. The number of carbonyl (C=O) groups is 2. The maximum absolute atomic E-state index is 13.1. The molecule has 0 radical (unpaired) electrons. The zero-order valence-corrected chi connectivity index (χ0v) is 16.6. The van der Waals surface area contributed by atoms with Gasteiger partial charge < -0.3 is 10.2 Å². The van der Waals surface area contributed by atoms with Crippen molar-refractivity contribution in [2.24, 2.45) is 5.41 Å². The molecule has 27 heavy (non-hydrogen) atoms. The predicted octanol–water partition coefficient (Wildman–Crippen LogP) is 4.50. The predicted molar refractivity (Wildman–Crippen MR) is 108 cm³/mol. The van der Waals surface area contributed by atoms with Gasteiger partial charge in [0.1, 0.15) is 5.41 Å². The largest absolute Gasteiger partial charge is 0.340 e. The van der Waals surface area contributed by atoms with Gasteiger partial charge in [-0.05, 0) is 42.4 Å². The maximum atomic E-state index is 13.1. The fourth-order valence-electron chi connectivity index (χ4n) is 3.53. The number of hydrogen-bond acceptors (Lipinski definition) is 2. The summed E-state index contributed by atoms with van der Waals surface area (Å²) in [6.07, 6.45) is 1.22. The molecule has 2 amide bonds. The van der Waals surface area contributed by atoms with Gasteiger partial charge in [0.05, 0.1) is 0 Å². The number of nitrogens with zero attached hydrogens (tertiary/aromatic N) is 1. The Morgan fingerprint density at radius 3 is 2.33 bits per heavy atom. The Balaban J connectivity index is 1.76. The van der Waals surface area contributed by atoms with Crippen LogP contribution in [0, 0.1) is 12.3 Å². The molecule has 0 heterocycles. The van der Waals surface area contributed by atoms with Gasteiger partial charge in [0.25, 0.3) is 0 Å². The molecule has 0 bridgehead atoms. The van der Waals surface area contributed by atoms with Crippen LogP contribution in [0.1, 0.15) is 49.3 Å². The van der Waals surface area contributed by atoms with E-state index < -0.39 is 5.41 Å². The molecule has 4 heteroatoms. The van der Waals surface area contributed by atoms with Crippen LogP contribution in [0.5, 0.6) is 0 Å². The molecule has 1 N–H and O–H groups in total. The van der Waals surface area contributed by atoms with E-state index >= 15 is 0 Å². The van der Waals surface area contributed by atoms with Crippen molar-refractivity contribution in [3.05, 3.63) is 65.2 Å². The molecule has 1 aliphatic rings. The molecular weight excluding hydrogens is 336 g/mol. The van der Waals surface area contributed by atoms with Crippen LogP contribution in [0.4, 0.5) is 5.69 Å². The molecule has 0 aromatic heterocycles. The second-order valence-electron chi connectivity index (χ2n) is 7.88. The first-order valence-corrected chi connectivity index (χ1v) is 9.55. The number of rotatable bonds is 6. The van der Waals surface area contributed by atoms with Crippen LogP contribution >= 0.6 is 0 Å². The van der Waals surface area contributed by atoms with E-state index in [9.17, 15) is 9.59 Å². The number of benzene rings is 2. The van der Waals surface area contributed by atoms with Crippen molar-refractivity contribution >= 4 is 17.5 Å². The number of aryl methyl sites for hydroxylation is 1. The molecule has 3 rings (SSSR count). The Hall–Kier alpha value is -2.62. The smallest absolute Gasteiger partial charge is 0.240 e. The monoisotopic (exact) mass is 364 g/mol. The highest BCUT2D eigenvalue weighted by Crippen LogP contribution is 2.48. The second-order valence-corrected chi connectivity index (χ2v) is 7.88. The molecule has 142 valence electrons. The molecule has 2 aromatic rings. The lowest BCUT2D eigenvalue weighted by molar-refractivity contribution is -0.141. The summed E-state index contributed by atoms with van der Waals surface area (Å²) >= 11 is 0. The highest BCUT2D eigenvalue weighted by molar-refractivity contribution is 6.13. The van der Waals surface area contributed by atoms with Crippen molar-refractivity contribution in [1.82, 2.24) is 4.90 Å². The molecule has 1 fully saturated rings. The molecule has 1 saturated carbocycles. The average molecular weight is 364 g/mol. The number of nitrogens with one attached hydrogen (secondary N) is 1. The standard InChI is InChI=1S/C23H28N2O2/c1-16(2)19-12-8-9-17(3)20(19)24-21(26)23(13-14-23)22(27)25(4)15-18-10-6-5-7-11-18/h5-12,16H,13-15H2,1-4H3,(H,24,26). The first kappa shape index (κ1) is 19.2. The fraction of sp³-hybridized carbons (Fsp3) is 0.391. The van der Waals surface area contributed by atoms with Crippen LogP contribution in [0.15, 0.2) is 48.5 Å². The highest BCUT2D eigenvalue weighted by atomic mass is 16.2. The summed E-state index contributed by atoms with van der Waals surface area (Å²) in [6, 6.07) is 15.9. The summed E-state index contributed by atoms with van der Waals surface area (Å²) < 4.78 is 0. The Bertz CT molecular complexity index is 839. The first-order valence-electron chi connectivity index (χ1n) is 9.55. The van der Waals surface area contributed by atoms with Crippen LogP contribution in [0.25, 0.3) is 0 Å². The van der Waals surface area contributed by atoms with Crippen molar-refractivity contribution in [2.75, 3.05) is 12.4 Å². The van der Waals surface area contributed by atoms with Gasteiger partial charge in [0.15, 0.2) is 0 Å². The molecule has 0 unspecified atom stereocenters. The van der Waals surface area contributed by atoms with E-state index in [1.54, 1.807) is 11.9 Å². The van der Waals surface area contributed by atoms with Crippen molar-refractivity contribution in [3.63, 3.8) is 0 Å². The number of anilines is 1. The minimum absolute atomic E-state index is 0.0939. The van der Waals surface area contributed by atoms with E-state index in [0.717, 1.165) is 22.4 Å². The molecule has 0 aliphatic heterocycles. The number of carbonyl (C=O) groups excluding carboxylic acids is 2. The van der Waals surface area contributed by atoms with E-state index in [2.05, 4.69) is 19.2 Å². The van der Waals surface area contributed by atoms with E-state index in [-0.39, 0.29) is 11.8 Å². The first-order chi connectivity index (χ1) is 12.8. The van der Waals surface area contributed by atoms with Gasteiger partial charge in [-0.2, -0.15) is 0 Å². The third kappa shape index (κ3) is 3.90. The SMILES string of the molecule is Cc1cccc(C(C)C)c1NC(=O)C1(C(=O)N(C)Cc2ccccc2)CC1. The lowest BCUT2D eigenvalue weighted by atomic mass is 9.97.